The first-order valence-electron chi connectivity index (χ1n) is 11.4. The Labute approximate surface area is 198 Å². The van der Waals surface area contributed by atoms with Crippen molar-refractivity contribution in [2.45, 2.75) is 56.7 Å². The molecule has 4 atom stereocenters. The van der Waals surface area contributed by atoms with E-state index in [1.165, 1.54) is 12.1 Å². The summed E-state index contributed by atoms with van der Waals surface area (Å²) in [5.41, 5.74) is 1.80. The maximum absolute atomic E-state index is 13.3. The average Bonchev–Trinajstić information content (AvgIpc) is 2.77. The van der Waals surface area contributed by atoms with Crippen LogP contribution in [0.3, 0.4) is 0 Å². The second-order valence-corrected chi connectivity index (χ2v) is 9.24. The van der Waals surface area contributed by atoms with Crippen LogP contribution in [-0.2, 0) is 27.4 Å². The number of amides is 1. The van der Waals surface area contributed by atoms with E-state index in [-0.39, 0.29) is 49.5 Å². The summed E-state index contributed by atoms with van der Waals surface area (Å²) in [6.07, 6.45) is 0.845. The summed E-state index contributed by atoms with van der Waals surface area (Å²) in [4.78, 5) is 14.7. The van der Waals surface area contributed by atoms with Gasteiger partial charge in [0.25, 0.3) is 0 Å². The van der Waals surface area contributed by atoms with Crippen molar-refractivity contribution in [3.8, 4) is 0 Å². The lowest BCUT2D eigenvalue weighted by Gasteiger charge is -2.44. The molecule has 178 valence electrons. The lowest BCUT2D eigenvalue weighted by Crippen LogP contribution is -2.55. The molecule has 2 aromatic rings. The molecule has 0 radical (unpaired) electrons. The van der Waals surface area contributed by atoms with Gasteiger partial charge in [0, 0.05) is 30.7 Å². The first-order valence-corrected chi connectivity index (χ1v) is 11.7. The molecule has 4 rings (SSSR count). The van der Waals surface area contributed by atoms with E-state index in [0.717, 1.165) is 24.0 Å². The van der Waals surface area contributed by atoms with E-state index in [1.807, 2.05) is 24.3 Å². The topological polar surface area (TPSA) is 71.0 Å². The highest BCUT2D eigenvalue weighted by molar-refractivity contribution is 6.30. The van der Waals surface area contributed by atoms with Crippen LogP contribution in [-0.4, -0.2) is 60.0 Å². The summed E-state index contributed by atoms with van der Waals surface area (Å²) in [6, 6.07) is 14.0. The van der Waals surface area contributed by atoms with Gasteiger partial charge in [-0.15, -0.1) is 0 Å². The van der Waals surface area contributed by atoms with Crippen LogP contribution in [0.25, 0.3) is 0 Å². The van der Waals surface area contributed by atoms with Crippen LogP contribution in [0.2, 0.25) is 5.02 Å². The predicted molar refractivity (Wildman–Crippen MR) is 123 cm³/mol. The van der Waals surface area contributed by atoms with E-state index >= 15 is 0 Å². The smallest absolute Gasteiger partial charge is 0.222 e. The third-order valence-electron chi connectivity index (χ3n) is 6.15. The third kappa shape index (κ3) is 6.98. The Hall–Kier alpha value is -2.03. The molecule has 0 saturated carbocycles. The van der Waals surface area contributed by atoms with Crippen LogP contribution in [0.1, 0.15) is 30.4 Å². The molecule has 2 N–H and O–H groups in total. The van der Waals surface area contributed by atoms with Gasteiger partial charge in [-0.25, -0.2) is 4.39 Å². The highest BCUT2D eigenvalue weighted by Gasteiger charge is 2.38. The Morgan fingerprint density at radius 3 is 2.79 bits per heavy atom. The van der Waals surface area contributed by atoms with Crippen LogP contribution in [0.4, 0.5) is 4.39 Å². The molecule has 0 aliphatic carbocycles. The number of halogens is 2. The zero-order valence-corrected chi connectivity index (χ0v) is 19.2. The minimum Gasteiger partial charge on any atom is -0.389 e. The van der Waals surface area contributed by atoms with Gasteiger partial charge < -0.3 is 19.9 Å². The van der Waals surface area contributed by atoms with E-state index in [4.69, 9.17) is 21.1 Å². The van der Waals surface area contributed by atoms with Gasteiger partial charge in [-0.1, -0.05) is 35.9 Å². The molecule has 2 aromatic carbocycles. The van der Waals surface area contributed by atoms with Crippen LogP contribution < -0.4 is 5.32 Å². The highest BCUT2D eigenvalue weighted by Crippen LogP contribution is 2.29. The SMILES string of the molecule is O=C(C[C@@H]1CC[C@H]2[C@@H](COC[C@H](O)CN2Cc2cccc(Cl)c2)O1)NCc1cccc(F)c1. The molecule has 6 nitrogen and oxygen atoms in total. The Balaban J connectivity index is 1.34. The number of fused-ring (bicyclic) bond motifs is 1. The average molecular weight is 477 g/mol. The second-order valence-electron chi connectivity index (χ2n) is 8.80. The van der Waals surface area contributed by atoms with Gasteiger partial charge in [0.1, 0.15) is 5.82 Å². The summed E-state index contributed by atoms with van der Waals surface area (Å²) in [7, 11) is 0. The van der Waals surface area contributed by atoms with E-state index < -0.39 is 6.10 Å². The molecule has 2 aliphatic heterocycles. The van der Waals surface area contributed by atoms with Gasteiger partial charge in [-0.2, -0.15) is 0 Å². The Morgan fingerprint density at radius 2 is 1.97 bits per heavy atom. The number of aliphatic hydroxyl groups is 1. The van der Waals surface area contributed by atoms with Crippen LogP contribution >= 0.6 is 11.6 Å². The molecule has 0 spiro atoms. The number of carbonyl (C=O) groups excluding carboxylic acids is 1. The first kappa shape index (κ1) is 24.1. The second kappa shape index (κ2) is 11.4. The lowest BCUT2D eigenvalue weighted by molar-refractivity contribution is -0.158. The Bertz CT molecular complexity index is 946. The Kier molecular flexibility index (Phi) is 8.33. The molecule has 0 bridgehead atoms. The van der Waals surface area contributed by atoms with Gasteiger partial charge in [0.2, 0.25) is 5.91 Å². The number of aliphatic hydroxyl groups excluding tert-OH is 1. The summed E-state index contributed by atoms with van der Waals surface area (Å²) in [5, 5.41) is 13.9. The van der Waals surface area contributed by atoms with Crippen LogP contribution in [0, 0.1) is 5.82 Å². The van der Waals surface area contributed by atoms with Crippen molar-refractivity contribution in [2.24, 2.45) is 0 Å². The molecule has 8 heteroatoms. The third-order valence-corrected chi connectivity index (χ3v) is 6.39. The van der Waals surface area contributed by atoms with Crippen molar-refractivity contribution in [2.75, 3.05) is 19.8 Å². The summed E-state index contributed by atoms with van der Waals surface area (Å²) in [6.45, 7) is 2.03. The number of hydrogen-bond donors (Lipinski definition) is 2. The minimum absolute atomic E-state index is 0.0746. The van der Waals surface area contributed by atoms with Gasteiger partial charge in [-0.3, -0.25) is 9.69 Å². The van der Waals surface area contributed by atoms with Crippen molar-refractivity contribution in [1.82, 2.24) is 10.2 Å². The molecule has 2 fully saturated rings. The maximum atomic E-state index is 13.3. The minimum atomic E-state index is -0.573. The lowest BCUT2D eigenvalue weighted by atomic mass is 9.94. The predicted octanol–water partition coefficient (Wildman–Crippen LogP) is 3.29. The number of nitrogens with one attached hydrogen (secondary N) is 1. The molecular weight excluding hydrogens is 447 g/mol. The molecule has 2 saturated heterocycles. The fraction of sp³-hybridized carbons (Fsp3) is 0.480. The molecular formula is C25H30ClFN2O4. The maximum Gasteiger partial charge on any atom is 0.222 e. The summed E-state index contributed by atoms with van der Waals surface area (Å²) in [5.74, 6) is -0.444. The van der Waals surface area contributed by atoms with Crippen molar-refractivity contribution in [3.05, 3.63) is 70.5 Å². The Morgan fingerprint density at radius 1 is 1.15 bits per heavy atom. The van der Waals surface area contributed by atoms with Gasteiger partial charge in [0.05, 0.1) is 37.9 Å². The molecule has 33 heavy (non-hydrogen) atoms. The van der Waals surface area contributed by atoms with Gasteiger partial charge in [0.15, 0.2) is 0 Å². The number of benzene rings is 2. The number of carbonyl (C=O) groups is 1. The number of ether oxygens (including phenoxy) is 2. The molecule has 2 aliphatic rings. The van der Waals surface area contributed by atoms with Crippen molar-refractivity contribution in [1.29, 1.82) is 0 Å². The molecule has 2 heterocycles. The molecule has 0 aromatic heterocycles. The fourth-order valence-corrected chi connectivity index (χ4v) is 4.84. The van der Waals surface area contributed by atoms with E-state index in [0.29, 0.717) is 24.7 Å². The van der Waals surface area contributed by atoms with Gasteiger partial charge in [-0.05, 0) is 48.2 Å². The quantitative estimate of drug-likeness (QED) is 0.669. The number of β-amino-alcohol motifs (C(OH)–C–C–N with tert-alkyl or cyclic N) is 1. The number of nitrogens with zero attached hydrogens (tertiary/aromatic N) is 1. The molecule has 1 amide bonds. The standard InChI is InChI=1S/C25H30ClFN2O4/c26-19-5-1-4-18(9-19)13-29-14-21(30)15-32-16-24-23(29)8-7-22(33-24)11-25(31)28-12-17-3-2-6-20(27)10-17/h1-6,9-10,21-24,30H,7-8,11-16H2,(H,28,31)/t21-,22+,23+,24-/m1/s1. The zero-order chi connectivity index (χ0) is 23.2. The summed E-state index contributed by atoms with van der Waals surface area (Å²) < 4.78 is 25.3. The van der Waals surface area contributed by atoms with Crippen molar-refractivity contribution in [3.63, 3.8) is 0 Å². The normalized spacial score (nSPS) is 26.2. The largest absolute Gasteiger partial charge is 0.389 e. The number of hydrogen-bond acceptors (Lipinski definition) is 5. The van der Waals surface area contributed by atoms with E-state index in [9.17, 15) is 14.3 Å². The summed E-state index contributed by atoms with van der Waals surface area (Å²) >= 11 is 6.16. The number of rotatable bonds is 6. The monoisotopic (exact) mass is 476 g/mol. The van der Waals surface area contributed by atoms with E-state index in [1.54, 1.807) is 12.1 Å². The zero-order valence-electron chi connectivity index (χ0n) is 18.5. The highest BCUT2D eigenvalue weighted by atomic mass is 35.5. The molecule has 0 unspecified atom stereocenters. The van der Waals surface area contributed by atoms with E-state index in [2.05, 4.69) is 10.2 Å². The first-order chi connectivity index (χ1) is 16.0. The van der Waals surface area contributed by atoms with Gasteiger partial charge >= 0.3 is 0 Å². The van der Waals surface area contributed by atoms with Crippen molar-refractivity contribution >= 4 is 17.5 Å². The van der Waals surface area contributed by atoms with Crippen LogP contribution in [0.5, 0.6) is 0 Å². The van der Waals surface area contributed by atoms with Crippen LogP contribution in [0.15, 0.2) is 48.5 Å². The van der Waals surface area contributed by atoms with Crippen molar-refractivity contribution < 1.29 is 23.8 Å². The fourth-order valence-electron chi connectivity index (χ4n) is 4.62.